The number of para-hydroxylation sites is 1. The van der Waals surface area contributed by atoms with Crippen LogP contribution >= 0.6 is 0 Å². The highest BCUT2D eigenvalue weighted by Gasteiger charge is 2.28. The Bertz CT molecular complexity index is 539. The van der Waals surface area contributed by atoms with Gasteiger partial charge in [0.05, 0.1) is 4.92 Å². The van der Waals surface area contributed by atoms with E-state index in [9.17, 15) is 14.9 Å². The Morgan fingerprint density at radius 1 is 1.48 bits per heavy atom. The summed E-state index contributed by atoms with van der Waals surface area (Å²) in [7, 11) is 0. The number of primary amides is 1. The molecule has 0 saturated carbocycles. The second-order valence-electron chi connectivity index (χ2n) is 5.12. The molecule has 7 heteroatoms. The Balaban J connectivity index is 2.26. The minimum absolute atomic E-state index is 0.0943. The van der Waals surface area contributed by atoms with E-state index in [1.165, 1.54) is 0 Å². The Morgan fingerprint density at radius 2 is 2.14 bits per heavy atom. The van der Waals surface area contributed by atoms with Crippen molar-refractivity contribution in [2.75, 3.05) is 29.9 Å². The lowest BCUT2D eigenvalue weighted by Gasteiger charge is -2.32. The molecule has 0 bridgehead atoms. The minimum atomic E-state index is -0.354. The molecular formula is C14H20N4O3. The number of nitro benzene ring substituents is 1. The van der Waals surface area contributed by atoms with Crippen LogP contribution in [0.3, 0.4) is 0 Å². The zero-order valence-electron chi connectivity index (χ0n) is 12.0. The highest BCUT2D eigenvalue weighted by atomic mass is 16.6. The van der Waals surface area contributed by atoms with Crippen molar-refractivity contribution in [1.82, 2.24) is 0 Å². The SMILES string of the molecule is CCNc1cccc(N2CCC(C(N)=O)CC2)c1[N+](=O)[O-]. The third-order valence-electron chi connectivity index (χ3n) is 3.80. The first-order valence-corrected chi connectivity index (χ1v) is 7.10. The van der Waals surface area contributed by atoms with Crippen LogP contribution in [0, 0.1) is 16.0 Å². The normalized spacial score (nSPS) is 15.8. The number of piperidine rings is 1. The first-order chi connectivity index (χ1) is 10.0. The highest BCUT2D eigenvalue weighted by molar-refractivity contribution is 5.79. The van der Waals surface area contributed by atoms with Crippen LogP contribution in [-0.2, 0) is 4.79 Å². The first-order valence-electron chi connectivity index (χ1n) is 7.10. The van der Waals surface area contributed by atoms with Crippen molar-refractivity contribution in [1.29, 1.82) is 0 Å². The number of amides is 1. The predicted octanol–water partition coefficient (Wildman–Crippen LogP) is 1.73. The van der Waals surface area contributed by atoms with Crippen LogP contribution < -0.4 is 16.0 Å². The zero-order valence-corrected chi connectivity index (χ0v) is 12.0. The molecule has 1 aliphatic rings. The van der Waals surface area contributed by atoms with E-state index in [1.807, 2.05) is 11.8 Å². The number of hydrogen-bond donors (Lipinski definition) is 2. The van der Waals surface area contributed by atoms with Crippen molar-refractivity contribution in [3.05, 3.63) is 28.3 Å². The third kappa shape index (κ3) is 3.24. The van der Waals surface area contributed by atoms with Crippen LogP contribution in [0.2, 0.25) is 0 Å². The van der Waals surface area contributed by atoms with Gasteiger partial charge in [-0.05, 0) is 31.9 Å². The van der Waals surface area contributed by atoms with Crippen LogP contribution in [0.5, 0.6) is 0 Å². The fourth-order valence-corrected chi connectivity index (χ4v) is 2.72. The van der Waals surface area contributed by atoms with Gasteiger partial charge in [-0.1, -0.05) is 6.07 Å². The number of nitrogens with one attached hydrogen (secondary N) is 1. The number of carbonyl (C=O) groups is 1. The first kappa shape index (κ1) is 15.1. The van der Waals surface area contributed by atoms with E-state index < -0.39 is 0 Å². The Labute approximate surface area is 123 Å². The van der Waals surface area contributed by atoms with Gasteiger partial charge in [-0.2, -0.15) is 0 Å². The molecule has 0 atom stereocenters. The second-order valence-corrected chi connectivity index (χ2v) is 5.12. The van der Waals surface area contributed by atoms with E-state index in [4.69, 9.17) is 5.73 Å². The van der Waals surface area contributed by atoms with Crippen molar-refractivity contribution in [2.45, 2.75) is 19.8 Å². The zero-order chi connectivity index (χ0) is 15.4. The van der Waals surface area contributed by atoms with Crippen LogP contribution in [0.25, 0.3) is 0 Å². The van der Waals surface area contributed by atoms with Gasteiger partial charge in [0.15, 0.2) is 0 Å². The smallest absolute Gasteiger partial charge is 0.315 e. The predicted molar refractivity (Wildman–Crippen MR) is 81.4 cm³/mol. The summed E-state index contributed by atoms with van der Waals surface area (Å²) in [4.78, 5) is 24.2. The van der Waals surface area contributed by atoms with Crippen molar-refractivity contribution in [2.24, 2.45) is 11.7 Å². The number of nitrogens with zero attached hydrogens (tertiary/aromatic N) is 2. The standard InChI is InChI=1S/C14H20N4O3/c1-2-16-11-4-3-5-12(13(11)18(20)21)17-8-6-10(7-9-17)14(15)19/h3-5,10,16H,2,6-9H2,1H3,(H2,15,19). The number of carbonyl (C=O) groups excluding carboxylic acids is 1. The van der Waals surface area contributed by atoms with Gasteiger partial charge in [-0.3, -0.25) is 14.9 Å². The van der Waals surface area contributed by atoms with Gasteiger partial charge in [0, 0.05) is 25.6 Å². The lowest BCUT2D eigenvalue weighted by atomic mass is 9.95. The highest BCUT2D eigenvalue weighted by Crippen LogP contribution is 2.37. The summed E-state index contributed by atoms with van der Waals surface area (Å²) in [5, 5.41) is 14.4. The average molecular weight is 292 g/mol. The molecule has 1 aliphatic heterocycles. The molecule has 0 aromatic heterocycles. The summed E-state index contributed by atoms with van der Waals surface area (Å²) in [6.45, 7) is 3.72. The summed E-state index contributed by atoms with van der Waals surface area (Å²) >= 11 is 0. The molecule has 0 radical (unpaired) electrons. The lowest BCUT2D eigenvalue weighted by molar-refractivity contribution is -0.383. The molecule has 1 heterocycles. The topological polar surface area (TPSA) is 102 Å². The van der Waals surface area contributed by atoms with Gasteiger partial charge >= 0.3 is 5.69 Å². The minimum Gasteiger partial charge on any atom is -0.380 e. The summed E-state index contributed by atoms with van der Waals surface area (Å²) in [6.07, 6.45) is 1.27. The maximum absolute atomic E-state index is 11.4. The van der Waals surface area contributed by atoms with Crippen LogP contribution in [0.1, 0.15) is 19.8 Å². The fraction of sp³-hybridized carbons (Fsp3) is 0.500. The maximum Gasteiger partial charge on any atom is 0.315 e. The molecule has 1 saturated heterocycles. The Hall–Kier alpha value is -2.31. The van der Waals surface area contributed by atoms with Crippen molar-refractivity contribution in [3.8, 4) is 0 Å². The summed E-state index contributed by atoms with van der Waals surface area (Å²) in [6, 6.07) is 5.27. The largest absolute Gasteiger partial charge is 0.380 e. The molecule has 0 spiro atoms. The Morgan fingerprint density at radius 3 is 2.67 bits per heavy atom. The number of nitrogens with two attached hydrogens (primary N) is 1. The molecule has 3 N–H and O–H groups in total. The molecule has 0 aliphatic carbocycles. The molecule has 0 unspecified atom stereocenters. The lowest BCUT2D eigenvalue weighted by Crippen LogP contribution is -2.38. The maximum atomic E-state index is 11.4. The summed E-state index contributed by atoms with van der Waals surface area (Å²) < 4.78 is 0. The molecule has 21 heavy (non-hydrogen) atoms. The Kier molecular flexibility index (Phi) is 4.62. The number of rotatable bonds is 5. The van der Waals surface area contributed by atoms with E-state index in [2.05, 4.69) is 5.32 Å². The van der Waals surface area contributed by atoms with E-state index in [-0.39, 0.29) is 22.4 Å². The molecule has 2 rings (SSSR count). The second kappa shape index (κ2) is 6.43. The molecule has 1 fully saturated rings. The fourth-order valence-electron chi connectivity index (χ4n) is 2.72. The van der Waals surface area contributed by atoms with Crippen LogP contribution in [-0.4, -0.2) is 30.5 Å². The average Bonchev–Trinajstić information content (AvgIpc) is 2.47. The van der Waals surface area contributed by atoms with Crippen molar-refractivity contribution < 1.29 is 9.72 Å². The summed E-state index contributed by atoms with van der Waals surface area (Å²) in [5.74, 6) is -0.414. The summed E-state index contributed by atoms with van der Waals surface area (Å²) in [5.41, 5.74) is 6.54. The van der Waals surface area contributed by atoms with Crippen LogP contribution in [0.15, 0.2) is 18.2 Å². The van der Waals surface area contributed by atoms with E-state index >= 15 is 0 Å². The van der Waals surface area contributed by atoms with Gasteiger partial charge < -0.3 is 16.0 Å². The quantitative estimate of drug-likeness (QED) is 0.635. The van der Waals surface area contributed by atoms with Crippen molar-refractivity contribution >= 4 is 23.0 Å². The van der Waals surface area contributed by atoms with Crippen LogP contribution in [0.4, 0.5) is 17.1 Å². The molecule has 1 amide bonds. The molecular weight excluding hydrogens is 272 g/mol. The third-order valence-corrected chi connectivity index (χ3v) is 3.80. The van der Waals surface area contributed by atoms with Gasteiger partial charge in [0.2, 0.25) is 5.91 Å². The van der Waals surface area contributed by atoms with Gasteiger partial charge in [0.1, 0.15) is 11.4 Å². The molecule has 1 aromatic carbocycles. The van der Waals surface area contributed by atoms with E-state index in [0.29, 0.717) is 43.9 Å². The number of hydrogen-bond acceptors (Lipinski definition) is 5. The monoisotopic (exact) mass is 292 g/mol. The van der Waals surface area contributed by atoms with E-state index in [0.717, 1.165) is 0 Å². The molecule has 7 nitrogen and oxygen atoms in total. The van der Waals surface area contributed by atoms with Gasteiger partial charge in [-0.15, -0.1) is 0 Å². The molecule has 1 aromatic rings. The van der Waals surface area contributed by atoms with Gasteiger partial charge in [-0.25, -0.2) is 0 Å². The van der Waals surface area contributed by atoms with Gasteiger partial charge in [0.25, 0.3) is 0 Å². The molecule has 114 valence electrons. The van der Waals surface area contributed by atoms with Crippen molar-refractivity contribution in [3.63, 3.8) is 0 Å². The van der Waals surface area contributed by atoms with E-state index in [1.54, 1.807) is 18.2 Å². The number of nitro groups is 1. The number of benzene rings is 1. The number of anilines is 2.